The van der Waals surface area contributed by atoms with Gasteiger partial charge in [0, 0.05) is 25.7 Å². The Balaban J connectivity index is 0.00000261. The second-order valence-electron chi connectivity index (χ2n) is 7.20. The molecule has 3 rings (SSSR count). The number of ether oxygens (including phenoxy) is 4. The molecule has 0 amide bonds. The molecule has 2 atom stereocenters. The van der Waals surface area contributed by atoms with E-state index < -0.39 is 0 Å². The first-order chi connectivity index (χ1) is 12.8. The number of hydrogen-bond donors (Lipinski definition) is 0. The Morgan fingerprint density at radius 2 is 1.78 bits per heavy atom. The predicted octanol–water partition coefficient (Wildman–Crippen LogP) is 3.72. The van der Waals surface area contributed by atoms with Crippen LogP contribution in [-0.2, 0) is 15.9 Å². The van der Waals surface area contributed by atoms with Gasteiger partial charge in [0.05, 0.1) is 33.5 Å². The van der Waals surface area contributed by atoms with E-state index in [-0.39, 0.29) is 12.4 Å². The summed E-state index contributed by atoms with van der Waals surface area (Å²) in [5.41, 5.74) is 1.26. The topological polar surface area (TPSA) is 40.2 Å². The fourth-order valence-corrected chi connectivity index (χ4v) is 4.15. The smallest absolute Gasteiger partial charge is 0.160 e. The van der Waals surface area contributed by atoms with Crippen LogP contribution < -0.4 is 9.47 Å². The van der Waals surface area contributed by atoms with Crippen molar-refractivity contribution in [1.29, 1.82) is 0 Å². The van der Waals surface area contributed by atoms with E-state index in [0.717, 1.165) is 57.3 Å². The molecular weight excluding hydrogens is 366 g/mol. The minimum absolute atomic E-state index is 0. The molecule has 0 radical (unpaired) electrons. The van der Waals surface area contributed by atoms with Gasteiger partial charge in [-0.05, 0) is 43.4 Å². The second-order valence-corrected chi connectivity index (χ2v) is 7.20. The van der Waals surface area contributed by atoms with Crippen LogP contribution in [0.4, 0.5) is 0 Å². The van der Waals surface area contributed by atoms with E-state index in [1.807, 2.05) is 6.07 Å². The average molecular weight is 400 g/mol. The highest BCUT2D eigenvalue weighted by Crippen LogP contribution is 2.29. The van der Waals surface area contributed by atoms with E-state index >= 15 is 0 Å². The molecule has 0 aromatic heterocycles. The van der Waals surface area contributed by atoms with Gasteiger partial charge in [-0.1, -0.05) is 18.9 Å². The molecule has 2 unspecified atom stereocenters. The van der Waals surface area contributed by atoms with Gasteiger partial charge in [-0.3, -0.25) is 4.90 Å². The molecule has 1 aliphatic heterocycles. The van der Waals surface area contributed by atoms with Crippen LogP contribution in [0.5, 0.6) is 11.5 Å². The normalized spacial score (nSPS) is 23.5. The van der Waals surface area contributed by atoms with Crippen molar-refractivity contribution >= 4 is 12.4 Å². The maximum Gasteiger partial charge on any atom is 0.160 e. The van der Waals surface area contributed by atoms with Gasteiger partial charge in [0.15, 0.2) is 11.5 Å². The van der Waals surface area contributed by atoms with Crippen LogP contribution in [-0.4, -0.2) is 64.2 Å². The number of rotatable bonds is 8. The Kier molecular flexibility index (Phi) is 9.69. The third-order valence-electron chi connectivity index (χ3n) is 5.57. The summed E-state index contributed by atoms with van der Waals surface area (Å²) in [7, 11) is 3.35. The lowest BCUT2D eigenvalue weighted by atomic mass is 9.91. The number of aryl methyl sites for hydroxylation is 1. The van der Waals surface area contributed by atoms with Gasteiger partial charge < -0.3 is 18.9 Å². The van der Waals surface area contributed by atoms with Crippen molar-refractivity contribution in [2.75, 3.05) is 47.1 Å². The molecule has 1 aromatic rings. The summed E-state index contributed by atoms with van der Waals surface area (Å²) in [5.74, 6) is 1.58. The third kappa shape index (κ3) is 6.24. The lowest BCUT2D eigenvalue weighted by molar-refractivity contribution is -0.0657. The van der Waals surface area contributed by atoms with Gasteiger partial charge in [0.25, 0.3) is 0 Å². The first-order valence-corrected chi connectivity index (χ1v) is 9.96. The van der Waals surface area contributed by atoms with Crippen LogP contribution in [0.15, 0.2) is 18.2 Å². The molecule has 6 heteroatoms. The van der Waals surface area contributed by atoms with Crippen molar-refractivity contribution in [3.8, 4) is 11.5 Å². The second kappa shape index (κ2) is 11.7. The first kappa shape index (κ1) is 22.3. The average Bonchev–Trinajstić information content (AvgIpc) is 2.72. The van der Waals surface area contributed by atoms with Crippen molar-refractivity contribution in [3.05, 3.63) is 23.8 Å². The molecule has 1 saturated carbocycles. The molecule has 27 heavy (non-hydrogen) atoms. The highest BCUT2D eigenvalue weighted by molar-refractivity contribution is 5.85. The number of methoxy groups -OCH3 is 2. The van der Waals surface area contributed by atoms with Crippen LogP contribution >= 0.6 is 12.4 Å². The Morgan fingerprint density at radius 3 is 2.52 bits per heavy atom. The molecule has 2 aliphatic rings. The van der Waals surface area contributed by atoms with E-state index in [0.29, 0.717) is 12.1 Å². The predicted molar refractivity (Wildman–Crippen MR) is 110 cm³/mol. The summed E-state index contributed by atoms with van der Waals surface area (Å²) < 4.78 is 22.5. The number of benzene rings is 1. The molecular formula is C21H34ClNO4. The Hall–Kier alpha value is -1.01. The van der Waals surface area contributed by atoms with Crippen LogP contribution in [0, 0.1) is 0 Å². The molecule has 0 bridgehead atoms. The Morgan fingerprint density at radius 1 is 1.04 bits per heavy atom. The Labute approximate surface area is 169 Å². The van der Waals surface area contributed by atoms with Crippen molar-refractivity contribution in [2.24, 2.45) is 0 Å². The van der Waals surface area contributed by atoms with Crippen LogP contribution in [0.2, 0.25) is 0 Å². The highest BCUT2D eigenvalue weighted by Gasteiger charge is 2.31. The van der Waals surface area contributed by atoms with Crippen molar-refractivity contribution in [1.82, 2.24) is 4.90 Å². The quantitative estimate of drug-likeness (QED) is 0.623. The minimum atomic E-state index is 0. The molecule has 0 spiro atoms. The van der Waals surface area contributed by atoms with E-state index in [1.165, 1.54) is 31.2 Å². The molecule has 5 nitrogen and oxygen atoms in total. The van der Waals surface area contributed by atoms with E-state index in [1.54, 1.807) is 14.2 Å². The summed E-state index contributed by atoms with van der Waals surface area (Å²) >= 11 is 0. The highest BCUT2D eigenvalue weighted by atomic mass is 35.5. The monoisotopic (exact) mass is 399 g/mol. The van der Waals surface area contributed by atoms with Gasteiger partial charge in [0.2, 0.25) is 0 Å². The zero-order valence-corrected chi connectivity index (χ0v) is 17.5. The Bertz CT molecular complexity index is 551. The summed E-state index contributed by atoms with van der Waals surface area (Å²) in [6.07, 6.45) is 7.48. The van der Waals surface area contributed by atoms with Crippen LogP contribution in [0.1, 0.15) is 37.7 Å². The zero-order valence-electron chi connectivity index (χ0n) is 16.7. The summed E-state index contributed by atoms with van der Waals surface area (Å²) in [4.78, 5) is 2.58. The fraction of sp³-hybridized carbons (Fsp3) is 0.714. The largest absolute Gasteiger partial charge is 0.493 e. The lowest BCUT2D eigenvalue weighted by Crippen LogP contribution is -2.51. The summed E-state index contributed by atoms with van der Waals surface area (Å²) in [5, 5.41) is 0. The summed E-state index contributed by atoms with van der Waals surface area (Å²) in [6, 6.07) is 6.73. The molecule has 1 aromatic carbocycles. The number of halogens is 1. The van der Waals surface area contributed by atoms with Crippen molar-refractivity contribution in [2.45, 2.75) is 50.7 Å². The standard InChI is InChI=1S/C21H33NO4.ClH/c1-23-20-10-9-17(16-21(20)24-2)6-5-13-26-19-8-4-3-7-18(19)22-11-14-25-15-12-22;/h9-10,16,18-19H,3-8,11-15H2,1-2H3;1H. The molecule has 2 fully saturated rings. The van der Waals surface area contributed by atoms with E-state index in [2.05, 4.69) is 17.0 Å². The van der Waals surface area contributed by atoms with Crippen LogP contribution in [0.25, 0.3) is 0 Å². The van der Waals surface area contributed by atoms with Gasteiger partial charge >= 0.3 is 0 Å². The molecule has 1 saturated heterocycles. The first-order valence-electron chi connectivity index (χ1n) is 9.96. The molecule has 154 valence electrons. The van der Waals surface area contributed by atoms with Gasteiger partial charge in [-0.25, -0.2) is 0 Å². The van der Waals surface area contributed by atoms with Crippen molar-refractivity contribution in [3.63, 3.8) is 0 Å². The maximum atomic E-state index is 6.33. The third-order valence-corrected chi connectivity index (χ3v) is 5.57. The van der Waals surface area contributed by atoms with Gasteiger partial charge in [-0.15, -0.1) is 12.4 Å². The fourth-order valence-electron chi connectivity index (χ4n) is 4.15. The van der Waals surface area contributed by atoms with E-state index in [9.17, 15) is 0 Å². The molecule has 1 aliphatic carbocycles. The number of nitrogens with zero attached hydrogens (tertiary/aromatic N) is 1. The maximum absolute atomic E-state index is 6.33. The van der Waals surface area contributed by atoms with Crippen LogP contribution in [0.3, 0.4) is 0 Å². The molecule has 1 heterocycles. The van der Waals surface area contributed by atoms with E-state index in [4.69, 9.17) is 18.9 Å². The summed E-state index contributed by atoms with van der Waals surface area (Å²) in [6.45, 7) is 4.65. The SMILES string of the molecule is COc1ccc(CCCOC2CCCCC2N2CCOCC2)cc1OC.Cl. The van der Waals surface area contributed by atoms with Gasteiger partial charge in [0.1, 0.15) is 0 Å². The van der Waals surface area contributed by atoms with Gasteiger partial charge in [-0.2, -0.15) is 0 Å². The number of hydrogen-bond acceptors (Lipinski definition) is 5. The lowest BCUT2D eigenvalue weighted by Gasteiger charge is -2.41. The zero-order chi connectivity index (χ0) is 18.2. The molecule has 0 N–H and O–H groups in total. The number of morpholine rings is 1. The minimum Gasteiger partial charge on any atom is -0.493 e. The van der Waals surface area contributed by atoms with Crippen molar-refractivity contribution < 1.29 is 18.9 Å².